The third-order valence-electron chi connectivity index (χ3n) is 13.0. The lowest BCUT2D eigenvalue weighted by atomic mass is 9.87. The van der Waals surface area contributed by atoms with E-state index in [9.17, 15) is 5.11 Å². The summed E-state index contributed by atoms with van der Waals surface area (Å²) in [6.45, 7) is 15.8. The van der Waals surface area contributed by atoms with Crippen molar-refractivity contribution < 1.29 is 52.5 Å². The molecule has 3 aliphatic heterocycles. The average molecular weight is 931 g/mol. The van der Waals surface area contributed by atoms with Crippen LogP contribution in [0.1, 0.15) is 129 Å². The van der Waals surface area contributed by atoms with Gasteiger partial charge in [0.15, 0.2) is 11.6 Å². The highest BCUT2D eigenvalue weighted by Crippen LogP contribution is 2.43. The number of rotatable bonds is 29. The maximum Gasteiger partial charge on any atom is 0.164 e. The summed E-state index contributed by atoms with van der Waals surface area (Å²) >= 11 is 0. The van der Waals surface area contributed by atoms with Crippen molar-refractivity contribution in [2.45, 2.75) is 205 Å². The fourth-order valence-electron chi connectivity index (χ4n) is 10.0. The molecule has 3 aromatic rings. The Hall–Kier alpha value is -3.04. The van der Waals surface area contributed by atoms with Crippen molar-refractivity contribution >= 4 is 0 Å². The zero-order valence-corrected chi connectivity index (χ0v) is 41.7. The number of aliphatic hydroxyl groups is 1. The summed E-state index contributed by atoms with van der Waals surface area (Å²) in [5.41, 5.74) is 4.33. The van der Waals surface area contributed by atoms with Gasteiger partial charge in [-0.2, -0.15) is 0 Å². The summed E-state index contributed by atoms with van der Waals surface area (Å²) in [6, 6.07) is 30.5. The van der Waals surface area contributed by atoms with Crippen molar-refractivity contribution in [2.24, 2.45) is 5.92 Å². The molecule has 11 atom stereocenters. The Morgan fingerprint density at radius 2 is 1.22 bits per heavy atom. The molecule has 6 rings (SSSR count). The van der Waals surface area contributed by atoms with Gasteiger partial charge in [0.2, 0.25) is 0 Å². The molecule has 11 nitrogen and oxygen atoms in total. The Labute approximate surface area is 402 Å². The summed E-state index contributed by atoms with van der Waals surface area (Å²) in [7, 11) is 1.63. The van der Waals surface area contributed by atoms with E-state index in [-0.39, 0.29) is 62.0 Å². The smallest absolute Gasteiger partial charge is 0.164 e. The zero-order valence-electron chi connectivity index (χ0n) is 41.7. The second-order valence-corrected chi connectivity index (χ2v) is 19.8. The third kappa shape index (κ3) is 16.8. The molecule has 67 heavy (non-hydrogen) atoms. The minimum atomic E-state index is -0.822. The molecule has 372 valence electrons. The molecule has 3 saturated heterocycles. The van der Waals surface area contributed by atoms with E-state index in [0.717, 1.165) is 35.1 Å². The van der Waals surface area contributed by atoms with Crippen LogP contribution in [0.25, 0.3) is 0 Å². The molecular formula is C56H82O11. The Balaban J connectivity index is 1.23. The predicted molar refractivity (Wildman–Crippen MR) is 260 cm³/mol. The van der Waals surface area contributed by atoms with Crippen molar-refractivity contribution in [3.05, 3.63) is 119 Å². The van der Waals surface area contributed by atoms with Crippen molar-refractivity contribution in [2.75, 3.05) is 20.5 Å². The molecule has 0 unspecified atom stereocenters. The molecule has 11 heteroatoms. The van der Waals surface area contributed by atoms with E-state index in [1.807, 2.05) is 82.3 Å². The third-order valence-corrected chi connectivity index (χ3v) is 13.0. The van der Waals surface area contributed by atoms with Crippen LogP contribution >= 0.6 is 0 Å². The Bertz CT molecular complexity index is 1840. The van der Waals surface area contributed by atoms with Crippen molar-refractivity contribution in [1.29, 1.82) is 0 Å². The Morgan fingerprint density at radius 1 is 0.672 bits per heavy atom. The van der Waals surface area contributed by atoms with Crippen molar-refractivity contribution in [3.63, 3.8) is 0 Å². The van der Waals surface area contributed by atoms with Gasteiger partial charge in [0.05, 0.1) is 56.4 Å². The van der Waals surface area contributed by atoms with Crippen LogP contribution in [0.5, 0.6) is 0 Å². The molecule has 3 aromatic carbocycles. The van der Waals surface area contributed by atoms with Gasteiger partial charge in [-0.15, -0.1) is 0 Å². The van der Waals surface area contributed by atoms with E-state index >= 15 is 0 Å². The van der Waals surface area contributed by atoms with Crippen LogP contribution in [0.4, 0.5) is 0 Å². The fourth-order valence-corrected chi connectivity index (χ4v) is 10.0. The molecule has 0 amide bonds. The first kappa shape index (κ1) is 53.3. The van der Waals surface area contributed by atoms with Gasteiger partial charge >= 0.3 is 0 Å². The normalized spacial score (nSPS) is 26.5. The topological polar surface area (TPSA) is 113 Å². The molecule has 3 heterocycles. The molecule has 0 radical (unpaired) electrons. The molecular weight excluding hydrogens is 849 g/mol. The largest absolute Gasteiger partial charge is 0.396 e. The van der Waals surface area contributed by atoms with Gasteiger partial charge < -0.3 is 52.5 Å². The number of fused-ring (bicyclic) bond motifs is 1. The number of hydrogen-bond acceptors (Lipinski definition) is 11. The van der Waals surface area contributed by atoms with Crippen LogP contribution in [0.2, 0.25) is 0 Å². The lowest BCUT2D eigenvalue weighted by molar-refractivity contribution is -0.229. The van der Waals surface area contributed by atoms with E-state index in [0.29, 0.717) is 45.5 Å². The predicted octanol–water partition coefficient (Wildman–Crippen LogP) is 11.0. The molecule has 3 fully saturated rings. The summed E-state index contributed by atoms with van der Waals surface area (Å²) in [5.74, 6) is -1.44. The SMILES string of the molecule is CCCCCCC[C@H]1OC(C)(C)O[C@@H]1C[C@H]1O[C@@H](C/C(C)=C/[C@@H](C)C[C@H](OCc2ccccc2)[C@@H](OCc2ccccc2)[C@@H](CCO)OCc2ccccc2)[C@@H](OCOC)[C@@H]2OC(C)(C)O[C@@H]21. The summed E-state index contributed by atoms with van der Waals surface area (Å²) < 4.78 is 65.9. The van der Waals surface area contributed by atoms with E-state index < -0.39 is 29.9 Å². The fraction of sp³-hybridized carbons (Fsp3) is 0.643. The quantitative estimate of drug-likeness (QED) is 0.0408. The lowest BCUT2D eigenvalue weighted by Crippen LogP contribution is -2.58. The summed E-state index contributed by atoms with van der Waals surface area (Å²) in [6.07, 6.45) is 8.18. The molecule has 1 N–H and O–H groups in total. The van der Waals surface area contributed by atoms with Gasteiger partial charge in [-0.3, -0.25) is 0 Å². The maximum absolute atomic E-state index is 10.4. The van der Waals surface area contributed by atoms with Crippen LogP contribution < -0.4 is 0 Å². The van der Waals surface area contributed by atoms with Gasteiger partial charge in [0.1, 0.15) is 31.2 Å². The second kappa shape index (κ2) is 26.8. The number of benzene rings is 3. The number of aliphatic hydroxyl groups excluding tert-OH is 1. The van der Waals surface area contributed by atoms with E-state index in [1.54, 1.807) is 7.11 Å². The first-order valence-corrected chi connectivity index (χ1v) is 25.1. The maximum atomic E-state index is 10.4. The highest BCUT2D eigenvalue weighted by atomic mass is 16.8. The molecule has 0 aromatic heterocycles. The van der Waals surface area contributed by atoms with Gasteiger partial charge in [-0.05, 0) is 82.9 Å². The molecule has 3 aliphatic rings. The summed E-state index contributed by atoms with van der Waals surface area (Å²) in [5, 5.41) is 10.4. The monoisotopic (exact) mass is 931 g/mol. The minimum Gasteiger partial charge on any atom is -0.396 e. The van der Waals surface area contributed by atoms with Gasteiger partial charge in [-0.25, -0.2) is 0 Å². The number of allylic oxidation sites excluding steroid dienone is 1. The van der Waals surface area contributed by atoms with Gasteiger partial charge in [0.25, 0.3) is 0 Å². The van der Waals surface area contributed by atoms with Crippen molar-refractivity contribution in [1.82, 2.24) is 0 Å². The van der Waals surface area contributed by atoms with Crippen LogP contribution in [-0.4, -0.2) is 98.2 Å². The van der Waals surface area contributed by atoms with Gasteiger partial charge in [0, 0.05) is 20.1 Å². The van der Waals surface area contributed by atoms with Gasteiger partial charge in [-0.1, -0.05) is 149 Å². The number of hydrogen-bond donors (Lipinski definition) is 1. The van der Waals surface area contributed by atoms with Crippen molar-refractivity contribution in [3.8, 4) is 0 Å². The minimum absolute atomic E-state index is 0.0318. The highest BCUT2D eigenvalue weighted by Gasteiger charge is 2.57. The average Bonchev–Trinajstić information content (AvgIpc) is 3.80. The van der Waals surface area contributed by atoms with E-state index in [2.05, 4.69) is 63.2 Å². The number of ether oxygens (including phenoxy) is 10. The van der Waals surface area contributed by atoms with E-state index in [1.165, 1.54) is 25.7 Å². The first-order valence-electron chi connectivity index (χ1n) is 25.1. The number of methoxy groups -OCH3 is 1. The van der Waals surface area contributed by atoms with Crippen LogP contribution in [0, 0.1) is 5.92 Å². The summed E-state index contributed by atoms with van der Waals surface area (Å²) in [4.78, 5) is 0. The highest BCUT2D eigenvalue weighted by molar-refractivity contribution is 5.16. The zero-order chi connectivity index (χ0) is 47.7. The standard InChI is InChI=1S/C56H82O11/c1-9-10-11-12-22-29-45-47(65-55(4,5)64-45)35-50-53-54(67-56(6,7)66-53)52(62-39-58-8)49(63-50)34-41(3)32-40(2)33-48(60-37-43-25-18-14-19-26-43)51(61-38-44-27-20-15-21-28-44)46(30-31-57)59-36-42-23-16-13-17-24-42/h13-21,23-28,32,40,45-54,57H,9-12,22,29-31,33-39H2,1-8H3/b41-32+/t40-,45-,46-,47-,48+,49+,50-,51+,52-,53-,54+/m1/s1. The number of unbranched alkanes of at least 4 members (excludes halogenated alkanes) is 4. The first-order chi connectivity index (χ1) is 32.4. The molecule has 0 bridgehead atoms. The molecule has 0 spiro atoms. The van der Waals surface area contributed by atoms with E-state index in [4.69, 9.17) is 47.4 Å². The lowest BCUT2D eigenvalue weighted by Gasteiger charge is -2.43. The van der Waals surface area contributed by atoms with Crippen LogP contribution in [-0.2, 0) is 67.2 Å². The molecule has 0 saturated carbocycles. The molecule has 0 aliphatic carbocycles. The second-order valence-electron chi connectivity index (χ2n) is 19.8. The van der Waals surface area contributed by atoms with Crippen LogP contribution in [0.15, 0.2) is 103 Å². The van der Waals surface area contributed by atoms with Crippen LogP contribution in [0.3, 0.4) is 0 Å². The Morgan fingerprint density at radius 3 is 1.82 bits per heavy atom. The Kier molecular flexibility index (Phi) is 21.3.